The lowest BCUT2D eigenvalue weighted by molar-refractivity contribution is -0.126. The van der Waals surface area contributed by atoms with Crippen molar-refractivity contribution in [3.05, 3.63) is 0 Å². The molecule has 0 amide bonds. The number of ketones is 1. The molecule has 0 aliphatic heterocycles. The lowest BCUT2D eigenvalue weighted by Crippen LogP contribution is -2.29. The van der Waals surface area contributed by atoms with Gasteiger partial charge in [0, 0.05) is 11.8 Å². The van der Waals surface area contributed by atoms with E-state index in [1.165, 1.54) is 0 Å². The molecule has 0 radical (unpaired) electrons. The quantitative estimate of drug-likeness (QED) is 0.609. The van der Waals surface area contributed by atoms with Gasteiger partial charge in [0.25, 0.3) is 0 Å². The highest BCUT2D eigenvalue weighted by atomic mass is 16.1. The second-order valence-corrected chi connectivity index (χ2v) is 3.95. The van der Waals surface area contributed by atoms with Gasteiger partial charge in [-0.25, -0.2) is 0 Å². The van der Waals surface area contributed by atoms with Gasteiger partial charge in [-0.15, -0.1) is 0 Å². The largest absolute Gasteiger partial charge is 0.330 e. The summed E-state index contributed by atoms with van der Waals surface area (Å²) in [5, 5.41) is 0. The molecule has 2 nitrogen and oxygen atoms in total. The van der Waals surface area contributed by atoms with Crippen LogP contribution < -0.4 is 5.73 Å². The van der Waals surface area contributed by atoms with Crippen molar-refractivity contribution in [3.63, 3.8) is 0 Å². The first-order valence-electron chi connectivity index (χ1n) is 4.55. The molecule has 2 heteroatoms. The first kappa shape index (κ1) is 7.29. The molecular weight excluding hydrogens is 138 g/mol. The Bertz CT molecular complexity index is 162. The third kappa shape index (κ3) is 1.09. The predicted octanol–water partition coefficient (Wildman–Crippen LogP) is 0.950. The summed E-state index contributed by atoms with van der Waals surface area (Å²) in [7, 11) is 0. The molecule has 1 unspecified atom stereocenters. The number of rotatable bonds is 1. The third-order valence-electron chi connectivity index (χ3n) is 3.24. The molecule has 0 saturated heterocycles. The fourth-order valence-corrected chi connectivity index (χ4v) is 2.58. The van der Waals surface area contributed by atoms with Crippen LogP contribution in [-0.2, 0) is 4.79 Å². The standard InChI is InChI=1S/C9H15NO/c10-5-6-3-7-1-2-8(4-6)9(7)11/h6-8H,1-5,10H2/t6?,7-,8+. The number of nitrogens with two attached hydrogens (primary N) is 1. The highest BCUT2D eigenvalue weighted by Crippen LogP contribution is 2.41. The van der Waals surface area contributed by atoms with Crippen LogP contribution in [0.4, 0.5) is 0 Å². The van der Waals surface area contributed by atoms with Crippen molar-refractivity contribution in [2.45, 2.75) is 25.7 Å². The molecule has 2 rings (SSSR count). The molecule has 2 aliphatic carbocycles. The Morgan fingerprint density at radius 3 is 2.27 bits per heavy atom. The number of carbonyl (C=O) groups excluding carboxylic acids is 1. The Morgan fingerprint density at radius 2 is 1.82 bits per heavy atom. The van der Waals surface area contributed by atoms with Crippen molar-refractivity contribution < 1.29 is 4.79 Å². The van der Waals surface area contributed by atoms with E-state index in [2.05, 4.69) is 0 Å². The minimum atomic E-state index is 0.391. The average molecular weight is 153 g/mol. The summed E-state index contributed by atoms with van der Waals surface area (Å²) in [4.78, 5) is 11.4. The smallest absolute Gasteiger partial charge is 0.139 e. The molecule has 0 aromatic heterocycles. The second-order valence-electron chi connectivity index (χ2n) is 3.95. The summed E-state index contributed by atoms with van der Waals surface area (Å²) < 4.78 is 0. The van der Waals surface area contributed by atoms with Crippen molar-refractivity contribution >= 4 is 5.78 Å². The van der Waals surface area contributed by atoms with E-state index in [0.717, 1.165) is 32.2 Å². The monoisotopic (exact) mass is 153 g/mol. The predicted molar refractivity (Wildman–Crippen MR) is 43.0 cm³/mol. The van der Waals surface area contributed by atoms with E-state index in [-0.39, 0.29) is 0 Å². The fourth-order valence-electron chi connectivity index (χ4n) is 2.58. The molecule has 3 atom stereocenters. The Morgan fingerprint density at radius 1 is 1.27 bits per heavy atom. The summed E-state index contributed by atoms with van der Waals surface area (Å²) in [6, 6.07) is 0. The number of hydrogen-bond acceptors (Lipinski definition) is 2. The van der Waals surface area contributed by atoms with Gasteiger partial charge < -0.3 is 5.73 Å². The van der Waals surface area contributed by atoms with Crippen molar-refractivity contribution in [2.24, 2.45) is 23.5 Å². The summed E-state index contributed by atoms with van der Waals surface area (Å²) >= 11 is 0. The van der Waals surface area contributed by atoms with Gasteiger partial charge in [-0.05, 0) is 38.1 Å². The molecule has 2 N–H and O–H groups in total. The highest BCUT2D eigenvalue weighted by molar-refractivity contribution is 5.86. The molecule has 2 bridgehead atoms. The lowest BCUT2D eigenvalue weighted by Gasteiger charge is -2.25. The summed E-state index contributed by atoms with van der Waals surface area (Å²) in [6.45, 7) is 0.778. The number of carbonyl (C=O) groups is 1. The average Bonchev–Trinajstić information content (AvgIpc) is 2.26. The second kappa shape index (κ2) is 2.59. The third-order valence-corrected chi connectivity index (χ3v) is 3.24. The van der Waals surface area contributed by atoms with Gasteiger partial charge in [-0.2, -0.15) is 0 Å². The summed E-state index contributed by atoms with van der Waals surface area (Å²) in [6.07, 6.45) is 4.43. The van der Waals surface area contributed by atoms with E-state index < -0.39 is 0 Å². The van der Waals surface area contributed by atoms with Gasteiger partial charge in [-0.1, -0.05) is 0 Å². The van der Waals surface area contributed by atoms with Crippen LogP contribution in [0.25, 0.3) is 0 Å². The van der Waals surface area contributed by atoms with E-state index in [9.17, 15) is 4.79 Å². The SMILES string of the molecule is NCC1C[C@H]2CC[C@@H](C1)C2=O. The van der Waals surface area contributed by atoms with Gasteiger partial charge in [0.15, 0.2) is 0 Å². The first-order chi connectivity index (χ1) is 5.31. The molecule has 2 aliphatic rings. The van der Waals surface area contributed by atoms with E-state index >= 15 is 0 Å². The van der Waals surface area contributed by atoms with E-state index in [1.807, 2.05) is 0 Å². The molecule has 0 aromatic carbocycles. The van der Waals surface area contributed by atoms with Gasteiger partial charge in [0.2, 0.25) is 0 Å². The summed E-state index contributed by atoms with van der Waals surface area (Å²) in [5.74, 6) is 1.96. The van der Waals surface area contributed by atoms with Crippen LogP contribution in [0, 0.1) is 17.8 Å². The van der Waals surface area contributed by atoms with Crippen molar-refractivity contribution in [3.8, 4) is 0 Å². The molecular formula is C9H15NO. The zero-order valence-corrected chi connectivity index (χ0v) is 6.75. The zero-order chi connectivity index (χ0) is 7.84. The molecule has 2 saturated carbocycles. The highest BCUT2D eigenvalue weighted by Gasteiger charge is 2.40. The number of fused-ring (bicyclic) bond motifs is 2. The Balaban J connectivity index is 2.08. The van der Waals surface area contributed by atoms with Gasteiger partial charge in [-0.3, -0.25) is 4.79 Å². The van der Waals surface area contributed by atoms with Crippen LogP contribution in [-0.4, -0.2) is 12.3 Å². The molecule has 0 heterocycles. The molecule has 11 heavy (non-hydrogen) atoms. The molecule has 62 valence electrons. The molecule has 0 aromatic rings. The number of hydrogen-bond donors (Lipinski definition) is 1. The van der Waals surface area contributed by atoms with Crippen LogP contribution in [0.2, 0.25) is 0 Å². The fraction of sp³-hybridized carbons (Fsp3) is 0.889. The van der Waals surface area contributed by atoms with Crippen molar-refractivity contribution in [1.29, 1.82) is 0 Å². The maximum Gasteiger partial charge on any atom is 0.139 e. The van der Waals surface area contributed by atoms with Crippen LogP contribution >= 0.6 is 0 Å². The van der Waals surface area contributed by atoms with Crippen LogP contribution in [0.15, 0.2) is 0 Å². The maximum atomic E-state index is 11.4. The molecule has 0 spiro atoms. The first-order valence-corrected chi connectivity index (χ1v) is 4.55. The zero-order valence-electron chi connectivity index (χ0n) is 6.75. The normalized spacial score (nSPS) is 43.0. The van der Waals surface area contributed by atoms with Gasteiger partial charge >= 0.3 is 0 Å². The van der Waals surface area contributed by atoms with E-state index in [1.54, 1.807) is 0 Å². The molecule has 2 fully saturated rings. The van der Waals surface area contributed by atoms with Crippen molar-refractivity contribution in [1.82, 2.24) is 0 Å². The minimum absolute atomic E-state index is 0.391. The van der Waals surface area contributed by atoms with Gasteiger partial charge in [0.1, 0.15) is 5.78 Å². The maximum absolute atomic E-state index is 11.4. The Hall–Kier alpha value is -0.370. The number of Topliss-reactive ketones (excluding diaryl/α,β-unsaturated/α-hetero) is 1. The van der Waals surface area contributed by atoms with Crippen molar-refractivity contribution in [2.75, 3.05) is 6.54 Å². The minimum Gasteiger partial charge on any atom is -0.330 e. The van der Waals surface area contributed by atoms with E-state index in [0.29, 0.717) is 23.5 Å². The Labute approximate surface area is 67.1 Å². The lowest BCUT2D eigenvalue weighted by atomic mass is 9.80. The van der Waals surface area contributed by atoms with Crippen LogP contribution in [0.1, 0.15) is 25.7 Å². The van der Waals surface area contributed by atoms with Gasteiger partial charge in [0.05, 0.1) is 0 Å². The topological polar surface area (TPSA) is 43.1 Å². The van der Waals surface area contributed by atoms with Crippen LogP contribution in [0.3, 0.4) is 0 Å². The van der Waals surface area contributed by atoms with Crippen LogP contribution in [0.5, 0.6) is 0 Å². The summed E-state index contributed by atoms with van der Waals surface area (Å²) in [5.41, 5.74) is 5.59. The Kier molecular flexibility index (Phi) is 1.72. The van der Waals surface area contributed by atoms with E-state index in [4.69, 9.17) is 5.73 Å².